The monoisotopic (exact) mass is 386 g/mol. The van der Waals surface area contributed by atoms with Crippen molar-refractivity contribution in [3.63, 3.8) is 0 Å². The molecule has 0 saturated carbocycles. The summed E-state index contributed by atoms with van der Waals surface area (Å²) in [5.41, 5.74) is 1.83. The predicted octanol–water partition coefficient (Wildman–Crippen LogP) is 3.69. The zero-order valence-corrected chi connectivity index (χ0v) is 17.0. The van der Waals surface area contributed by atoms with E-state index in [0.29, 0.717) is 13.1 Å². The summed E-state index contributed by atoms with van der Waals surface area (Å²) in [5.74, 6) is 0.981. The summed E-state index contributed by atoms with van der Waals surface area (Å²) in [4.78, 5) is 31.2. The molecule has 1 aliphatic heterocycles. The third-order valence-electron chi connectivity index (χ3n) is 4.97. The number of ketones is 1. The number of hydrogen-bond acceptors (Lipinski definition) is 5. The molecule has 1 aliphatic rings. The van der Waals surface area contributed by atoms with Crippen molar-refractivity contribution in [3.05, 3.63) is 45.6 Å². The molecule has 3 rings (SSSR count). The lowest BCUT2D eigenvalue weighted by atomic mass is 10.1. The summed E-state index contributed by atoms with van der Waals surface area (Å²) >= 11 is 1.63. The van der Waals surface area contributed by atoms with Crippen LogP contribution in [0.2, 0.25) is 0 Å². The van der Waals surface area contributed by atoms with E-state index in [1.165, 1.54) is 0 Å². The Labute approximate surface area is 164 Å². The van der Waals surface area contributed by atoms with Gasteiger partial charge >= 0.3 is 0 Å². The second kappa shape index (κ2) is 8.57. The van der Waals surface area contributed by atoms with E-state index >= 15 is 0 Å². The summed E-state index contributed by atoms with van der Waals surface area (Å²) in [6.07, 6.45) is 0.560. The molecule has 2 aromatic rings. The van der Waals surface area contributed by atoms with Crippen LogP contribution in [-0.4, -0.2) is 49.9 Å². The van der Waals surface area contributed by atoms with E-state index in [2.05, 4.69) is 4.90 Å². The number of carbonyl (C=O) groups is 2. The van der Waals surface area contributed by atoms with Gasteiger partial charge in [0.05, 0.1) is 12.8 Å². The Balaban J connectivity index is 1.51. The number of para-hydroxylation sites is 2. The number of methoxy groups -OCH3 is 1. The number of piperazine rings is 1. The van der Waals surface area contributed by atoms with Crippen LogP contribution in [0.25, 0.3) is 0 Å². The fraction of sp³-hybridized carbons (Fsp3) is 0.429. The topological polar surface area (TPSA) is 49.9 Å². The molecule has 5 nitrogen and oxygen atoms in total. The second-order valence-electron chi connectivity index (χ2n) is 6.79. The van der Waals surface area contributed by atoms with Crippen molar-refractivity contribution >= 4 is 28.7 Å². The number of rotatable bonds is 6. The minimum Gasteiger partial charge on any atom is -0.495 e. The van der Waals surface area contributed by atoms with Crippen molar-refractivity contribution in [2.75, 3.05) is 38.2 Å². The first-order valence-electron chi connectivity index (χ1n) is 9.25. The van der Waals surface area contributed by atoms with E-state index in [-0.39, 0.29) is 24.5 Å². The van der Waals surface area contributed by atoms with Crippen molar-refractivity contribution < 1.29 is 14.3 Å². The summed E-state index contributed by atoms with van der Waals surface area (Å²) in [6.45, 7) is 6.83. The molecule has 0 spiro atoms. The van der Waals surface area contributed by atoms with Crippen molar-refractivity contribution in [1.29, 1.82) is 0 Å². The van der Waals surface area contributed by atoms with Gasteiger partial charge in [-0.2, -0.15) is 0 Å². The molecule has 1 aromatic carbocycles. The molecule has 1 fully saturated rings. The number of nitrogens with zero attached hydrogens (tertiary/aromatic N) is 2. The van der Waals surface area contributed by atoms with Crippen LogP contribution in [0.1, 0.15) is 33.0 Å². The van der Waals surface area contributed by atoms with Crippen molar-refractivity contribution in [3.8, 4) is 5.75 Å². The first-order valence-corrected chi connectivity index (χ1v) is 10.1. The minimum atomic E-state index is 0.0626. The molecule has 0 bridgehead atoms. The number of ether oxygens (including phenoxy) is 1. The largest absolute Gasteiger partial charge is 0.495 e. The first-order chi connectivity index (χ1) is 13.0. The van der Waals surface area contributed by atoms with Gasteiger partial charge in [-0.3, -0.25) is 9.59 Å². The second-order valence-corrected chi connectivity index (χ2v) is 8.25. The van der Waals surface area contributed by atoms with Gasteiger partial charge < -0.3 is 14.5 Å². The highest BCUT2D eigenvalue weighted by molar-refractivity contribution is 7.12. The normalized spacial score (nSPS) is 14.3. The van der Waals surface area contributed by atoms with Gasteiger partial charge in [-0.15, -0.1) is 11.3 Å². The molecule has 1 saturated heterocycles. The first kappa shape index (κ1) is 19.4. The molecule has 1 amide bonds. The molecule has 144 valence electrons. The molecule has 0 radical (unpaired) electrons. The molecular weight excluding hydrogens is 360 g/mol. The molecule has 2 heterocycles. The van der Waals surface area contributed by atoms with Gasteiger partial charge in [-0.1, -0.05) is 12.1 Å². The fourth-order valence-corrected chi connectivity index (χ4v) is 4.45. The lowest BCUT2D eigenvalue weighted by Gasteiger charge is -2.36. The number of Topliss-reactive ketones (excluding diaryl/α,β-unsaturated/α-hetero) is 1. The summed E-state index contributed by atoms with van der Waals surface area (Å²) < 4.78 is 5.43. The highest BCUT2D eigenvalue weighted by Crippen LogP contribution is 2.28. The van der Waals surface area contributed by atoms with E-state index in [1.807, 2.05) is 49.1 Å². The molecule has 0 unspecified atom stereocenters. The van der Waals surface area contributed by atoms with Crippen molar-refractivity contribution in [2.45, 2.75) is 26.7 Å². The molecule has 0 atom stereocenters. The van der Waals surface area contributed by atoms with Crippen LogP contribution in [-0.2, 0) is 4.79 Å². The number of benzene rings is 1. The van der Waals surface area contributed by atoms with Gasteiger partial charge in [-0.25, -0.2) is 0 Å². The molecule has 27 heavy (non-hydrogen) atoms. The standard InChI is InChI=1S/C21H26N2O3S/c1-15-14-17(16(2)27-15)19(24)8-9-21(25)23-12-10-22(11-13-23)18-6-4-5-7-20(18)26-3/h4-7,14H,8-13H2,1-3H3. The third-order valence-corrected chi connectivity index (χ3v) is 5.93. The summed E-state index contributed by atoms with van der Waals surface area (Å²) in [6, 6.07) is 9.87. The summed E-state index contributed by atoms with van der Waals surface area (Å²) in [7, 11) is 1.67. The third kappa shape index (κ3) is 4.50. The minimum absolute atomic E-state index is 0.0626. The molecular formula is C21H26N2O3S. The van der Waals surface area contributed by atoms with Crippen LogP contribution in [0.4, 0.5) is 5.69 Å². The number of aryl methyl sites for hydroxylation is 2. The Hall–Kier alpha value is -2.34. The van der Waals surface area contributed by atoms with Gasteiger partial charge in [0, 0.05) is 54.3 Å². The number of hydrogen-bond donors (Lipinski definition) is 0. The van der Waals surface area contributed by atoms with Gasteiger partial charge in [0.15, 0.2) is 5.78 Å². The summed E-state index contributed by atoms with van der Waals surface area (Å²) in [5, 5.41) is 0. The smallest absolute Gasteiger partial charge is 0.223 e. The predicted molar refractivity (Wildman–Crippen MR) is 109 cm³/mol. The fourth-order valence-electron chi connectivity index (χ4n) is 3.51. The molecule has 0 N–H and O–H groups in total. The van der Waals surface area contributed by atoms with Gasteiger partial charge in [0.25, 0.3) is 0 Å². The van der Waals surface area contributed by atoms with E-state index < -0.39 is 0 Å². The highest BCUT2D eigenvalue weighted by atomic mass is 32.1. The Morgan fingerprint density at radius 1 is 1.07 bits per heavy atom. The Morgan fingerprint density at radius 2 is 1.78 bits per heavy atom. The van der Waals surface area contributed by atoms with Crippen molar-refractivity contribution in [2.24, 2.45) is 0 Å². The van der Waals surface area contributed by atoms with E-state index in [4.69, 9.17) is 4.74 Å². The van der Waals surface area contributed by atoms with Crippen LogP contribution in [0.15, 0.2) is 30.3 Å². The zero-order chi connectivity index (χ0) is 19.4. The average molecular weight is 387 g/mol. The van der Waals surface area contributed by atoms with Crippen LogP contribution in [0.5, 0.6) is 5.75 Å². The molecule has 6 heteroatoms. The van der Waals surface area contributed by atoms with E-state index in [1.54, 1.807) is 18.4 Å². The number of amides is 1. The maximum absolute atomic E-state index is 12.5. The highest BCUT2D eigenvalue weighted by Gasteiger charge is 2.23. The Morgan fingerprint density at radius 3 is 2.41 bits per heavy atom. The van der Waals surface area contributed by atoms with Gasteiger partial charge in [0.1, 0.15) is 5.75 Å². The SMILES string of the molecule is COc1ccccc1N1CCN(C(=O)CCC(=O)c2cc(C)sc2C)CC1. The lowest BCUT2D eigenvalue weighted by Crippen LogP contribution is -2.48. The average Bonchev–Trinajstić information content (AvgIpc) is 3.04. The number of carbonyl (C=O) groups excluding carboxylic acids is 2. The van der Waals surface area contributed by atoms with Gasteiger partial charge in [-0.05, 0) is 32.0 Å². The number of anilines is 1. The van der Waals surface area contributed by atoms with E-state index in [0.717, 1.165) is 39.8 Å². The van der Waals surface area contributed by atoms with Gasteiger partial charge in [0.2, 0.25) is 5.91 Å². The molecule has 0 aliphatic carbocycles. The zero-order valence-electron chi connectivity index (χ0n) is 16.2. The quantitative estimate of drug-likeness (QED) is 0.711. The maximum atomic E-state index is 12.5. The Bertz CT molecular complexity index is 823. The van der Waals surface area contributed by atoms with Crippen LogP contribution < -0.4 is 9.64 Å². The van der Waals surface area contributed by atoms with Crippen LogP contribution in [0, 0.1) is 13.8 Å². The van der Waals surface area contributed by atoms with Crippen molar-refractivity contribution in [1.82, 2.24) is 4.90 Å². The molecule has 1 aromatic heterocycles. The van der Waals surface area contributed by atoms with E-state index in [9.17, 15) is 9.59 Å². The van der Waals surface area contributed by atoms with Crippen LogP contribution in [0.3, 0.4) is 0 Å². The maximum Gasteiger partial charge on any atom is 0.223 e. The Kier molecular flexibility index (Phi) is 6.16. The number of thiophene rings is 1. The lowest BCUT2D eigenvalue weighted by molar-refractivity contribution is -0.131. The van der Waals surface area contributed by atoms with Crippen LogP contribution >= 0.6 is 11.3 Å².